The average molecular weight is 224 g/mol. The van der Waals surface area contributed by atoms with E-state index in [0.29, 0.717) is 13.1 Å². The van der Waals surface area contributed by atoms with Gasteiger partial charge in [0.25, 0.3) is 0 Å². The third-order valence-corrected chi connectivity index (χ3v) is 2.92. The van der Waals surface area contributed by atoms with Gasteiger partial charge in [-0.2, -0.15) is 0 Å². The second-order valence-electron chi connectivity index (χ2n) is 3.97. The molecule has 1 aromatic rings. The molecule has 1 fully saturated rings. The van der Waals surface area contributed by atoms with Gasteiger partial charge in [0.15, 0.2) is 0 Å². The number of morpholine rings is 1. The van der Waals surface area contributed by atoms with Crippen LogP contribution in [0.1, 0.15) is 11.1 Å². The first kappa shape index (κ1) is 11.5. The fraction of sp³-hybridized carbons (Fsp3) is 0.500. The zero-order valence-corrected chi connectivity index (χ0v) is 9.29. The zero-order chi connectivity index (χ0) is 11.4. The van der Waals surface area contributed by atoms with Crippen molar-refractivity contribution >= 4 is 0 Å². The SMILES string of the molecule is NCc1cccc(F)c1CN1CCOCC1. The van der Waals surface area contributed by atoms with Crippen LogP contribution in [0.3, 0.4) is 0 Å². The number of hydrogen-bond donors (Lipinski definition) is 1. The van der Waals surface area contributed by atoms with E-state index in [4.69, 9.17) is 10.5 Å². The van der Waals surface area contributed by atoms with Crippen LogP contribution < -0.4 is 5.73 Å². The molecule has 0 bridgehead atoms. The minimum atomic E-state index is -0.158. The van der Waals surface area contributed by atoms with Crippen LogP contribution in [0.5, 0.6) is 0 Å². The van der Waals surface area contributed by atoms with Crippen molar-refractivity contribution < 1.29 is 9.13 Å². The van der Waals surface area contributed by atoms with Gasteiger partial charge in [0, 0.05) is 31.7 Å². The molecule has 0 spiro atoms. The lowest BCUT2D eigenvalue weighted by Crippen LogP contribution is -2.36. The molecule has 1 aromatic carbocycles. The number of hydrogen-bond acceptors (Lipinski definition) is 3. The smallest absolute Gasteiger partial charge is 0.128 e. The van der Waals surface area contributed by atoms with E-state index < -0.39 is 0 Å². The number of nitrogens with zero attached hydrogens (tertiary/aromatic N) is 1. The van der Waals surface area contributed by atoms with Crippen molar-refractivity contribution in [2.45, 2.75) is 13.1 Å². The van der Waals surface area contributed by atoms with Gasteiger partial charge < -0.3 is 10.5 Å². The molecule has 2 N–H and O–H groups in total. The van der Waals surface area contributed by atoms with E-state index in [0.717, 1.165) is 37.4 Å². The topological polar surface area (TPSA) is 38.5 Å². The molecule has 2 rings (SSSR count). The Hall–Kier alpha value is -0.970. The van der Waals surface area contributed by atoms with Crippen molar-refractivity contribution in [3.05, 3.63) is 35.1 Å². The molecule has 0 unspecified atom stereocenters. The van der Waals surface area contributed by atoms with E-state index >= 15 is 0 Å². The third kappa shape index (κ3) is 2.58. The first-order chi connectivity index (χ1) is 7.81. The van der Waals surface area contributed by atoms with Crippen LogP contribution in [0.4, 0.5) is 4.39 Å². The van der Waals surface area contributed by atoms with E-state index in [1.54, 1.807) is 6.07 Å². The van der Waals surface area contributed by atoms with Crippen LogP contribution in [-0.2, 0) is 17.8 Å². The molecule has 1 aliphatic rings. The monoisotopic (exact) mass is 224 g/mol. The van der Waals surface area contributed by atoms with Gasteiger partial charge in [0.2, 0.25) is 0 Å². The molecule has 0 radical (unpaired) electrons. The van der Waals surface area contributed by atoms with Crippen LogP contribution in [0.15, 0.2) is 18.2 Å². The Balaban J connectivity index is 2.12. The van der Waals surface area contributed by atoms with E-state index in [1.807, 2.05) is 6.07 Å². The van der Waals surface area contributed by atoms with Crippen molar-refractivity contribution in [2.75, 3.05) is 26.3 Å². The number of nitrogens with two attached hydrogens (primary N) is 1. The lowest BCUT2D eigenvalue weighted by atomic mass is 10.1. The summed E-state index contributed by atoms with van der Waals surface area (Å²) >= 11 is 0. The van der Waals surface area contributed by atoms with Crippen molar-refractivity contribution in [3.8, 4) is 0 Å². The first-order valence-electron chi connectivity index (χ1n) is 5.57. The second kappa shape index (κ2) is 5.39. The van der Waals surface area contributed by atoms with Crippen molar-refractivity contribution in [3.63, 3.8) is 0 Å². The Morgan fingerprint density at radius 3 is 2.75 bits per heavy atom. The number of rotatable bonds is 3. The van der Waals surface area contributed by atoms with Crippen LogP contribution >= 0.6 is 0 Å². The molecule has 0 amide bonds. The quantitative estimate of drug-likeness (QED) is 0.836. The van der Waals surface area contributed by atoms with Gasteiger partial charge in [0.1, 0.15) is 5.82 Å². The largest absolute Gasteiger partial charge is 0.379 e. The number of ether oxygens (including phenoxy) is 1. The van der Waals surface area contributed by atoms with Gasteiger partial charge in [-0.05, 0) is 11.6 Å². The molecule has 88 valence electrons. The van der Waals surface area contributed by atoms with Crippen molar-refractivity contribution in [1.29, 1.82) is 0 Å². The standard InChI is InChI=1S/C12H17FN2O/c13-12-3-1-2-10(8-14)11(12)9-15-4-6-16-7-5-15/h1-3H,4-9,14H2. The predicted octanol–water partition coefficient (Wildman–Crippen LogP) is 1.12. The fourth-order valence-electron chi connectivity index (χ4n) is 1.95. The van der Waals surface area contributed by atoms with Gasteiger partial charge >= 0.3 is 0 Å². The molecular weight excluding hydrogens is 207 g/mol. The van der Waals surface area contributed by atoms with Crippen LogP contribution in [0, 0.1) is 5.82 Å². The van der Waals surface area contributed by atoms with E-state index in [9.17, 15) is 4.39 Å². The molecule has 0 atom stereocenters. The van der Waals surface area contributed by atoms with Gasteiger partial charge in [-0.3, -0.25) is 4.90 Å². The van der Waals surface area contributed by atoms with Crippen LogP contribution in [-0.4, -0.2) is 31.2 Å². The van der Waals surface area contributed by atoms with E-state index in [1.165, 1.54) is 6.07 Å². The molecule has 16 heavy (non-hydrogen) atoms. The molecule has 0 aromatic heterocycles. The molecule has 0 aliphatic carbocycles. The summed E-state index contributed by atoms with van der Waals surface area (Å²) in [5.74, 6) is -0.158. The highest BCUT2D eigenvalue weighted by Crippen LogP contribution is 2.16. The third-order valence-electron chi connectivity index (χ3n) is 2.92. The lowest BCUT2D eigenvalue weighted by Gasteiger charge is -2.27. The summed E-state index contributed by atoms with van der Waals surface area (Å²) in [6, 6.07) is 5.09. The van der Waals surface area contributed by atoms with Crippen LogP contribution in [0.2, 0.25) is 0 Å². The normalized spacial score (nSPS) is 17.6. The summed E-state index contributed by atoms with van der Waals surface area (Å²) in [6.45, 7) is 4.19. The van der Waals surface area contributed by atoms with Gasteiger partial charge in [0.05, 0.1) is 13.2 Å². The molecule has 0 saturated carbocycles. The minimum absolute atomic E-state index is 0.158. The number of halogens is 1. The minimum Gasteiger partial charge on any atom is -0.379 e. The summed E-state index contributed by atoms with van der Waals surface area (Å²) in [7, 11) is 0. The summed E-state index contributed by atoms with van der Waals surface area (Å²) in [4.78, 5) is 2.20. The Morgan fingerprint density at radius 2 is 2.06 bits per heavy atom. The molecule has 1 aliphatic heterocycles. The predicted molar refractivity (Wildman–Crippen MR) is 60.4 cm³/mol. The van der Waals surface area contributed by atoms with Crippen LogP contribution in [0.25, 0.3) is 0 Å². The average Bonchev–Trinajstić information content (AvgIpc) is 2.33. The van der Waals surface area contributed by atoms with Crippen molar-refractivity contribution in [1.82, 2.24) is 4.90 Å². The lowest BCUT2D eigenvalue weighted by molar-refractivity contribution is 0.0336. The summed E-state index contributed by atoms with van der Waals surface area (Å²) in [5, 5.41) is 0. The Morgan fingerprint density at radius 1 is 1.31 bits per heavy atom. The highest BCUT2D eigenvalue weighted by atomic mass is 19.1. The Kier molecular flexibility index (Phi) is 3.88. The summed E-state index contributed by atoms with van der Waals surface area (Å²) in [6.07, 6.45) is 0. The number of benzene rings is 1. The van der Waals surface area contributed by atoms with E-state index in [-0.39, 0.29) is 5.82 Å². The molecule has 3 nitrogen and oxygen atoms in total. The first-order valence-corrected chi connectivity index (χ1v) is 5.57. The van der Waals surface area contributed by atoms with Gasteiger partial charge in [-0.15, -0.1) is 0 Å². The zero-order valence-electron chi connectivity index (χ0n) is 9.29. The molecular formula is C12H17FN2O. The molecule has 4 heteroatoms. The van der Waals surface area contributed by atoms with Gasteiger partial charge in [-0.1, -0.05) is 12.1 Å². The maximum atomic E-state index is 13.7. The molecule has 1 saturated heterocycles. The Bertz CT molecular complexity index is 351. The van der Waals surface area contributed by atoms with Gasteiger partial charge in [-0.25, -0.2) is 4.39 Å². The van der Waals surface area contributed by atoms with Crippen molar-refractivity contribution in [2.24, 2.45) is 5.73 Å². The fourth-order valence-corrected chi connectivity index (χ4v) is 1.95. The highest BCUT2D eigenvalue weighted by molar-refractivity contribution is 5.28. The summed E-state index contributed by atoms with van der Waals surface area (Å²) in [5.41, 5.74) is 7.24. The maximum Gasteiger partial charge on any atom is 0.128 e. The Labute approximate surface area is 95.0 Å². The molecule has 1 heterocycles. The highest BCUT2D eigenvalue weighted by Gasteiger charge is 2.14. The summed E-state index contributed by atoms with van der Waals surface area (Å²) < 4.78 is 18.9. The van der Waals surface area contributed by atoms with E-state index in [2.05, 4.69) is 4.90 Å². The second-order valence-corrected chi connectivity index (χ2v) is 3.97. The maximum absolute atomic E-state index is 13.7.